The number of carbonyl (C=O) groups excluding carboxylic acids is 1. The van der Waals surface area contributed by atoms with Gasteiger partial charge in [0.2, 0.25) is 5.91 Å². The van der Waals surface area contributed by atoms with Crippen molar-refractivity contribution >= 4 is 28.5 Å². The number of nitrogens with one attached hydrogen (secondary N) is 1. The molecule has 1 atom stereocenters. The van der Waals surface area contributed by atoms with Crippen LogP contribution in [0, 0.1) is 5.92 Å². The van der Waals surface area contributed by atoms with Gasteiger partial charge in [0.15, 0.2) is 0 Å². The van der Waals surface area contributed by atoms with Gasteiger partial charge in [-0.25, -0.2) is 4.79 Å². The topological polar surface area (TPSA) is 56.0 Å². The molecule has 3 rings (SSSR count). The summed E-state index contributed by atoms with van der Waals surface area (Å²) in [7, 11) is 1.75. The number of piperidine rings is 1. The molecule has 0 saturated carbocycles. The van der Waals surface area contributed by atoms with E-state index in [1.165, 1.54) is 0 Å². The number of imidazole rings is 1. The van der Waals surface area contributed by atoms with E-state index in [1.54, 1.807) is 28.3 Å². The second-order valence-electron chi connectivity index (χ2n) is 5.29. The van der Waals surface area contributed by atoms with Gasteiger partial charge in [0, 0.05) is 31.6 Å². The molecule has 1 unspecified atom stereocenters. The van der Waals surface area contributed by atoms with E-state index in [0.717, 1.165) is 17.5 Å². The molecule has 0 spiro atoms. The second kappa shape index (κ2) is 4.98. The van der Waals surface area contributed by atoms with Gasteiger partial charge >= 0.3 is 5.69 Å². The first-order valence-corrected chi connectivity index (χ1v) is 7.05. The van der Waals surface area contributed by atoms with Gasteiger partial charge in [-0.15, -0.1) is 0 Å². The summed E-state index contributed by atoms with van der Waals surface area (Å²) in [6, 6.07) is 5.47. The average Bonchev–Trinajstić information content (AvgIpc) is 2.66. The number of nitrogens with zero attached hydrogens (tertiary/aromatic N) is 2. The summed E-state index contributed by atoms with van der Waals surface area (Å²) in [5.74, 6) is 0.393. The Kier molecular flexibility index (Phi) is 3.30. The number of benzene rings is 1. The smallest absolute Gasteiger partial charge is 0.328 e. The zero-order valence-electron chi connectivity index (χ0n) is 11.2. The van der Waals surface area contributed by atoms with Crippen LogP contribution in [-0.2, 0) is 18.4 Å². The van der Waals surface area contributed by atoms with Crippen LogP contribution in [-0.4, -0.2) is 21.6 Å². The van der Waals surface area contributed by atoms with Crippen molar-refractivity contribution in [1.82, 2.24) is 14.5 Å². The Morgan fingerprint density at radius 3 is 2.85 bits per heavy atom. The lowest BCUT2D eigenvalue weighted by Crippen LogP contribution is -2.38. The minimum absolute atomic E-state index is 0.0424. The molecule has 1 aromatic heterocycles. The van der Waals surface area contributed by atoms with Crippen molar-refractivity contribution in [2.75, 3.05) is 6.54 Å². The van der Waals surface area contributed by atoms with E-state index >= 15 is 0 Å². The molecule has 1 aromatic carbocycles. The fraction of sp³-hybridized carbons (Fsp3) is 0.429. The largest absolute Gasteiger partial charge is 0.356 e. The zero-order valence-corrected chi connectivity index (χ0v) is 12.0. The molecule has 1 aliphatic rings. The Morgan fingerprint density at radius 1 is 1.35 bits per heavy atom. The summed E-state index contributed by atoms with van der Waals surface area (Å²) in [6.45, 7) is 1.26. The summed E-state index contributed by atoms with van der Waals surface area (Å²) < 4.78 is 3.39. The SMILES string of the molecule is Cn1c(=O)n(CC2CCC(=O)NC2)c2ccc(Cl)cc21. The number of hydrogen-bond acceptors (Lipinski definition) is 2. The van der Waals surface area contributed by atoms with Gasteiger partial charge in [-0.3, -0.25) is 13.9 Å². The summed E-state index contributed by atoms with van der Waals surface area (Å²) in [5, 5.41) is 3.47. The molecule has 2 heterocycles. The first-order chi connectivity index (χ1) is 9.56. The standard InChI is InChI=1S/C14H16ClN3O2/c1-17-12-6-10(15)3-4-11(12)18(14(17)20)8-9-2-5-13(19)16-7-9/h3-4,6,9H,2,5,7-8H2,1H3,(H,16,19). The molecule has 1 fully saturated rings. The first-order valence-electron chi connectivity index (χ1n) is 6.67. The maximum atomic E-state index is 12.3. The monoisotopic (exact) mass is 293 g/mol. The Hall–Kier alpha value is -1.75. The molecule has 0 aliphatic carbocycles. The van der Waals surface area contributed by atoms with Crippen LogP contribution in [0.5, 0.6) is 0 Å². The van der Waals surface area contributed by atoms with Crippen LogP contribution in [0.3, 0.4) is 0 Å². The van der Waals surface area contributed by atoms with Crippen molar-refractivity contribution < 1.29 is 4.79 Å². The molecule has 1 N–H and O–H groups in total. The van der Waals surface area contributed by atoms with E-state index in [-0.39, 0.29) is 11.6 Å². The maximum Gasteiger partial charge on any atom is 0.328 e. The number of halogens is 1. The highest BCUT2D eigenvalue weighted by Crippen LogP contribution is 2.20. The van der Waals surface area contributed by atoms with Crippen molar-refractivity contribution in [2.45, 2.75) is 19.4 Å². The van der Waals surface area contributed by atoms with Crippen LogP contribution in [0.15, 0.2) is 23.0 Å². The zero-order chi connectivity index (χ0) is 14.3. The number of rotatable bonds is 2. The molecule has 5 nitrogen and oxygen atoms in total. The van der Waals surface area contributed by atoms with Gasteiger partial charge in [-0.1, -0.05) is 11.6 Å². The van der Waals surface area contributed by atoms with Crippen molar-refractivity contribution in [3.8, 4) is 0 Å². The van der Waals surface area contributed by atoms with Gasteiger partial charge in [-0.05, 0) is 30.5 Å². The van der Waals surface area contributed by atoms with Gasteiger partial charge < -0.3 is 5.32 Å². The van der Waals surface area contributed by atoms with Crippen LogP contribution >= 0.6 is 11.6 Å². The Bertz CT molecular complexity index is 722. The summed E-state index contributed by atoms with van der Waals surface area (Å²) in [5.41, 5.74) is 1.68. The molecule has 1 amide bonds. The molecule has 106 valence electrons. The highest BCUT2D eigenvalue weighted by atomic mass is 35.5. The first kappa shape index (κ1) is 13.2. The third-order valence-corrected chi connectivity index (χ3v) is 4.15. The number of fused-ring (bicyclic) bond motifs is 1. The number of hydrogen-bond donors (Lipinski definition) is 1. The number of carbonyl (C=O) groups is 1. The highest BCUT2D eigenvalue weighted by molar-refractivity contribution is 6.31. The van der Waals surface area contributed by atoms with Crippen LogP contribution < -0.4 is 11.0 Å². The average molecular weight is 294 g/mol. The number of aromatic nitrogens is 2. The second-order valence-corrected chi connectivity index (χ2v) is 5.73. The Balaban J connectivity index is 1.97. The fourth-order valence-corrected chi connectivity index (χ4v) is 2.92. The van der Waals surface area contributed by atoms with Crippen molar-refractivity contribution in [3.63, 3.8) is 0 Å². The van der Waals surface area contributed by atoms with E-state index in [2.05, 4.69) is 5.32 Å². The van der Waals surface area contributed by atoms with Crippen LogP contribution in [0.1, 0.15) is 12.8 Å². The molecule has 20 heavy (non-hydrogen) atoms. The molecular weight excluding hydrogens is 278 g/mol. The minimum atomic E-state index is -0.0424. The van der Waals surface area contributed by atoms with E-state index in [4.69, 9.17) is 11.6 Å². The fourth-order valence-electron chi connectivity index (χ4n) is 2.75. The maximum absolute atomic E-state index is 12.3. The van der Waals surface area contributed by atoms with E-state index in [0.29, 0.717) is 30.5 Å². The molecule has 0 bridgehead atoms. The summed E-state index contributed by atoms with van der Waals surface area (Å²) >= 11 is 5.99. The predicted octanol–water partition coefficient (Wildman–Crippen LogP) is 1.52. The van der Waals surface area contributed by atoms with Crippen molar-refractivity contribution in [2.24, 2.45) is 13.0 Å². The van der Waals surface area contributed by atoms with Gasteiger partial charge in [0.05, 0.1) is 11.0 Å². The number of amides is 1. The third-order valence-electron chi connectivity index (χ3n) is 3.92. The normalized spacial score (nSPS) is 19.3. The van der Waals surface area contributed by atoms with Gasteiger partial charge in [-0.2, -0.15) is 0 Å². The molecule has 1 saturated heterocycles. The van der Waals surface area contributed by atoms with Crippen LogP contribution in [0.4, 0.5) is 0 Å². The molecule has 1 aliphatic heterocycles. The van der Waals surface area contributed by atoms with Crippen molar-refractivity contribution in [1.29, 1.82) is 0 Å². The van der Waals surface area contributed by atoms with Crippen LogP contribution in [0.25, 0.3) is 11.0 Å². The lowest BCUT2D eigenvalue weighted by Gasteiger charge is -2.22. The molecular formula is C14H16ClN3O2. The van der Waals surface area contributed by atoms with Gasteiger partial charge in [0.1, 0.15) is 0 Å². The van der Waals surface area contributed by atoms with Gasteiger partial charge in [0.25, 0.3) is 0 Å². The molecule has 6 heteroatoms. The summed E-state index contributed by atoms with van der Waals surface area (Å²) in [4.78, 5) is 23.5. The molecule has 2 aromatic rings. The number of aryl methyl sites for hydroxylation is 1. The third kappa shape index (κ3) is 2.22. The lowest BCUT2D eigenvalue weighted by atomic mass is 9.99. The van der Waals surface area contributed by atoms with Crippen molar-refractivity contribution in [3.05, 3.63) is 33.7 Å². The van der Waals surface area contributed by atoms with E-state index < -0.39 is 0 Å². The summed E-state index contributed by atoms with van der Waals surface area (Å²) in [6.07, 6.45) is 1.36. The Morgan fingerprint density at radius 2 is 2.15 bits per heavy atom. The van der Waals surface area contributed by atoms with Crippen LogP contribution in [0.2, 0.25) is 5.02 Å². The van der Waals surface area contributed by atoms with E-state index in [9.17, 15) is 9.59 Å². The quantitative estimate of drug-likeness (QED) is 0.913. The lowest BCUT2D eigenvalue weighted by molar-refractivity contribution is -0.123. The Labute approximate surface area is 121 Å². The molecule has 0 radical (unpaired) electrons. The predicted molar refractivity (Wildman–Crippen MR) is 77.9 cm³/mol. The van der Waals surface area contributed by atoms with E-state index in [1.807, 2.05) is 6.07 Å². The highest BCUT2D eigenvalue weighted by Gasteiger charge is 2.21. The minimum Gasteiger partial charge on any atom is -0.356 e.